The van der Waals surface area contributed by atoms with Gasteiger partial charge in [-0.25, -0.2) is 4.79 Å². The highest BCUT2D eigenvalue weighted by Crippen LogP contribution is 2.24. The van der Waals surface area contributed by atoms with Crippen LogP contribution in [0, 0.1) is 17.8 Å². The molecule has 0 aliphatic rings. The molecule has 0 aliphatic heterocycles. The molecular formula is C18H34O2. The van der Waals surface area contributed by atoms with Crippen LogP contribution in [0.4, 0.5) is 0 Å². The van der Waals surface area contributed by atoms with Gasteiger partial charge >= 0.3 is 5.97 Å². The molecule has 0 N–H and O–H groups in total. The molecule has 0 fully saturated rings. The lowest BCUT2D eigenvalue weighted by atomic mass is 9.83. The van der Waals surface area contributed by atoms with Gasteiger partial charge in [-0.05, 0) is 31.1 Å². The largest absolute Gasteiger partial charge is 0.462 e. The summed E-state index contributed by atoms with van der Waals surface area (Å²) < 4.78 is 5.07. The number of unbranched alkanes of at least 4 members (excludes halogenated alkanes) is 4. The van der Waals surface area contributed by atoms with Crippen molar-refractivity contribution in [3.63, 3.8) is 0 Å². The molecule has 0 saturated heterocycles. The maximum Gasteiger partial charge on any atom is 0.333 e. The molecular weight excluding hydrogens is 248 g/mol. The van der Waals surface area contributed by atoms with E-state index in [0.717, 1.165) is 30.6 Å². The second-order valence-electron chi connectivity index (χ2n) is 6.55. The Morgan fingerprint density at radius 2 is 1.55 bits per heavy atom. The van der Waals surface area contributed by atoms with Crippen molar-refractivity contribution >= 4 is 5.97 Å². The Kier molecular flexibility index (Phi) is 10.5. The van der Waals surface area contributed by atoms with Crippen molar-refractivity contribution in [1.29, 1.82) is 0 Å². The molecule has 0 saturated carbocycles. The smallest absolute Gasteiger partial charge is 0.333 e. The lowest BCUT2D eigenvalue weighted by Crippen LogP contribution is -2.14. The Morgan fingerprint density at radius 3 is 2.10 bits per heavy atom. The number of hydrogen-bond donors (Lipinski definition) is 0. The van der Waals surface area contributed by atoms with Crippen LogP contribution in [0.3, 0.4) is 0 Å². The van der Waals surface area contributed by atoms with E-state index in [2.05, 4.69) is 34.3 Å². The summed E-state index contributed by atoms with van der Waals surface area (Å²) in [6.45, 7) is 15.1. The number of hydrogen-bond acceptors (Lipinski definition) is 2. The van der Waals surface area contributed by atoms with Crippen LogP contribution >= 0.6 is 0 Å². The van der Waals surface area contributed by atoms with Crippen molar-refractivity contribution in [1.82, 2.24) is 0 Å². The van der Waals surface area contributed by atoms with Gasteiger partial charge in [0.15, 0.2) is 0 Å². The summed E-state index contributed by atoms with van der Waals surface area (Å²) in [5.74, 6) is 2.16. The third-order valence-electron chi connectivity index (χ3n) is 4.33. The van der Waals surface area contributed by atoms with Gasteiger partial charge < -0.3 is 4.74 Å². The maximum absolute atomic E-state index is 11.1. The lowest BCUT2D eigenvalue weighted by molar-refractivity contribution is -0.139. The number of rotatable bonds is 11. The molecule has 2 unspecified atom stereocenters. The van der Waals surface area contributed by atoms with Gasteiger partial charge in [0, 0.05) is 5.57 Å². The first-order valence-corrected chi connectivity index (χ1v) is 8.18. The van der Waals surface area contributed by atoms with E-state index in [1.54, 1.807) is 6.92 Å². The van der Waals surface area contributed by atoms with Crippen molar-refractivity contribution in [3.05, 3.63) is 12.2 Å². The Bertz CT molecular complexity index is 281. The summed E-state index contributed by atoms with van der Waals surface area (Å²) in [7, 11) is 0. The van der Waals surface area contributed by atoms with E-state index >= 15 is 0 Å². The molecule has 20 heavy (non-hydrogen) atoms. The van der Waals surface area contributed by atoms with Gasteiger partial charge in [0.1, 0.15) is 0 Å². The van der Waals surface area contributed by atoms with Crippen molar-refractivity contribution in [2.45, 2.75) is 73.1 Å². The van der Waals surface area contributed by atoms with Gasteiger partial charge in [-0.15, -0.1) is 0 Å². The van der Waals surface area contributed by atoms with Crippen molar-refractivity contribution < 1.29 is 9.53 Å². The van der Waals surface area contributed by atoms with Crippen LogP contribution in [0.2, 0.25) is 0 Å². The zero-order chi connectivity index (χ0) is 15.5. The van der Waals surface area contributed by atoms with Gasteiger partial charge in [0.05, 0.1) is 6.61 Å². The zero-order valence-corrected chi connectivity index (χ0v) is 14.2. The second-order valence-corrected chi connectivity index (χ2v) is 6.55. The molecule has 2 nitrogen and oxygen atoms in total. The van der Waals surface area contributed by atoms with E-state index in [9.17, 15) is 4.79 Å². The molecule has 0 rings (SSSR count). The van der Waals surface area contributed by atoms with Crippen LogP contribution in [0.15, 0.2) is 12.2 Å². The predicted octanol–water partition coefficient (Wildman–Crippen LogP) is 5.37. The molecule has 0 radical (unpaired) electrons. The minimum absolute atomic E-state index is 0.263. The standard InChI is InChI=1S/C18H34O2/c1-14(2)17(6)16(5)12-10-8-7-9-11-13-20-18(19)15(3)4/h14,16-17H,3,7-13H2,1-2,4-6H3. The molecule has 0 bridgehead atoms. The normalized spacial score (nSPS) is 14.1. The topological polar surface area (TPSA) is 26.3 Å². The molecule has 0 amide bonds. The first-order chi connectivity index (χ1) is 9.36. The average molecular weight is 282 g/mol. The highest BCUT2D eigenvalue weighted by atomic mass is 16.5. The molecule has 2 heteroatoms. The summed E-state index contributed by atoms with van der Waals surface area (Å²) in [5.41, 5.74) is 0.484. The van der Waals surface area contributed by atoms with Gasteiger partial charge in [-0.2, -0.15) is 0 Å². The molecule has 0 spiro atoms. The fourth-order valence-electron chi connectivity index (χ4n) is 2.31. The molecule has 2 atom stereocenters. The fourth-order valence-corrected chi connectivity index (χ4v) is 2.31. The molecule has 0 aromatic heterocycles. The third kappa shape index (κ3) is 9.17. The van der Waals surface area contributed by atoms with Crippen molar-refractivity contribution in [3.8, 4) is 0 Å². The molecule has 0 aliphatic carbocycles. The van der Waals surface area contributed by atoms with Gasteiger partial charge in [-0.1, -0.05) is 66.4 Å². The van der Waals surface area contributed by atoms with E-state index < -0.39 is 0 Å². The summed E-state index contributed by atoms with van der Waals surface area (Å²) in [6, 6.07) is 0. The number of carbonyl (C=O) groups excluding carboxylic acids is 1. The lowest BCUT2D eigenvalue weighted by Gasteiger charge is -2.23. The van der Waals surface area contributed by atoms with E-state index in [0.29, 0.717) is 12.2 Å². The van der Waals surface area contributed by atoms with Crippen molar-refractivity contribution in [2.24, 2.45) is 17.8 Å². The Hall–Kier alpha value is -0.790. The van der Waals surface area contributed by atoms with Crippen LogP contribution in [0.1, 0.15) is 73.1 Å². The zero-order valence-electron chi connectivity index (χ0n) is 14.2. The second kappa shape index (κ2) is 10.9. The van der Waals surface area contributed by atoms with Gasteiger partial charge in [0.2, 0.25) is 0 Å². The minimum Gasteiger partial charge on any atom is -0.462 e. The van der Waals surface area contributed by atoms with E-state index in [1.807, 2.05) is 0 Å². The monoisotopic (exact) mass is 282 g/mol. The highest BCUT2D eigenvalue weighted by Gasteiger charge is 2.14. The average Bonchev–Trinajstić information content (AvgIpc) is 2.39. The van der Waals surface area contributed by atoms with Crippen molar-refractivity contribution in [2.75, 3.05) is 6.61 Å². The number of carbonyl (C=O) groups is 1. The minimum atomic E-state index is -0.263. The fraction of sp³-hybridized carbons (Fsp3) is 0.833. The quantitative estimate of drug-likeness (QED) is 0.289. The first kappa shape index (κ1) is 19.2. The first-order valence-electron chi connectivity index (χ1n) is 8.18. The Morgan fingerprint density at radius 1 is 1.00 bits per heavy atom. The van der Waals surface area contributed by atoms with Crippen LogP contribution in [-0.2, 0) is 9.53 Å². The van der Waals surface area contributed by atoms with E-state index in [1.165, 1.54) is 25.7 Å². The van der Waals surface area contributed by atoms with Gasteiger partial charge in [0.25, 0.3) is 0 Å². The van der Waals surface area contributed by atoms with Crippen LogP contribution in [-0.4, -0.2) is 12.6 Å². The summed E-state index contributed by atoms with van der Waals surface area (Å²) in [6.07, 6.45) is 7.32. The van der Waals surface area contributed by atoms with Crippen LogP contribution < -0.4 is 0 Å². The number of esters is 1. The molecule has 0 aromatic carbocycles. The van der Waals surface area contributed by atoms with Crippen LogP contribution in [0.5, 0.6) is 0 Å². The highest BCUT2D eigenvalue weighted by molar-refractivity contribution is 5.86. The Balaban J connectivity index is 3.41. The molecule has 0 aromatic rings. The van der Waals surface area contributed by atoms with Crippen LogP contribution in [0.25, 0.3) is 0 Å². The summed E-state index contributed by atoms with van der Waals surface area (Å²) in [5, 5.41) is 0. The number of ether oxygens (including phenoxy) is 1. The van der Waals surface area contributed by atoms with E-state index in [4.69, 9.17) is 4.74 Å². The third-order valence-corrected chi connectivity index (χ3v) is 4.33. The maximum atomic E-state index is 11.1. The van der Waals surface area contributed by atoms with Gasteiger partial charge in [-0.3, -0.25) is 0 Å². The summed E-state index contributed by atoms with van der Waals surface area (Å²) in [4.78, 5) is 11.1. The molecule has 118 valence electrons. The summed E-state index contributed by atoms with van der Waals surface area (Å²) >= 11 is 0. The molecule has 0 heterocycles. The predicted molar refractivity (Wildman–Crippen MR) is 86.6 cm³/mol. The van der Waals surface area contributed by atoms with E-state index in [-0.39, 0.29) is 5.97 Å². The SMILES string of the molecule is C=C(C)C(=O)OCCCCCCCC(C)C(C)C(C)C. The Labute approximate surface area is 126 Å².